The summed E-state index contributed by atoms with van der Waals surface area (Å²) in [6, 6.07) is 0. The third-order valence-corrected chi connectivity index (χ3v) is 4.14. The Morgan fingerprint density at radius 1 is 1.43 bits per heavy atom. The maximum atomic E-state index is 12.3. The number of aryl methyl sites for hydroxylation is 2. The standard InChI is InChI=1S/C14H20N4O2S/c1-5-7-10-16-13(18-20-10)14(3,4)17-12(19)9-8-15-11(6-2)21-9/h8H,5-7H2,1-4H3,(H,17,19). The minimum Gasteiger partial charge on any atom is -0.339 e. The SMILES string of the molecule is CCCc1nc(C(C)(C)NC(=O)c2cnc(CC)s2)no1. The van der Waals surface area contributed by atoms with Gasteiger partial charge in [-0.3, -0.25) is 4.79 Å². The van der Waals surface area contributed by atoms with Crippen LogP contribution in [0.1, 0.15) is 60.5 Å². The highest BCUT2D eigenvalue weighted by atomic mass is 32.1. The Morgan fingerprint density at radius 2 is 2.19 bits per heavy atom. The van der Waals surface area contributed by atoms with Crippen LogP contribution >= 0.6 is 11.3 Å². The topological polar surface area (TPSA) is 80.9 Å². The molecule has 0 unspecified atom stereocenters. The molecule has 0 bridgehead atoms. The van der Waals surface area contributed by atoms with Crippen LogP contribution in [0.5, 0.6) is 0 Å². The number of hydrogen-bond donors (Lipinski definition) is 1. The molecule has 0 saturated heterocycles. The maximum Gasteiger partial charge on any atom is 0.263 e. The van der Waals surface area contributed by atoms with Crippen LogP contribution in [0.15, 0.2) is 10.7 Å². The van der Waals surface area contributed by atoms with Crippen LogP contribution in [-0.4, -0.2) is 21.0 Å². The Morgan fingerprint density at radius 3 is 2.81 bits per heavy atom. The van der Waals surface area contributed by atoms with Crippen LogP contribution in [0.4, 0.5) is 0 Å². The van der Waals surface area contributed by atoms with Crippen molar-refractivity contribution in [1.29, 1.82) is 0 Å². The molecule has 21 heavy (non-hydrogen) atoms. The van der Waals surface area contributed by atoms with Crippen LogP contribution in [0.3, 0.4) is 0 Å². The highest BCUT2D eigenvalue weighted by molar-refractivity contribution is 7.13. The number of aromatic nitrogens is 3. The molecular formula is C14H20N4O2S. The molecule has 0 aliphatic rings. The Hall–Kier alpha value is -1.76. The van der Waals surface area contributed by atoms with E-state index in [1.54, 1.807) is 6.20 Å². The van der Waals surface area contributed by atoms with Crippen molar-refractivity contribution in [2.75, 3.05) is 0 Å². The molecule has 1 N–H and O–H groups in total. The lowest BCUT2D eigenvalue weighted by Crippen LogP contribution is -2.41. The Labute approximate surface area is 128 Å². The van der Waals surface area contributed by atoms with Gasteiger partial charge in [0.15, 0.2) is 5.82 Å². The van der Waals surface area contributed by atoms with Gasteiger partial charge in [-0.2, -0.15) is 4.98 Å². The molecule has 7 heteroatoms. The first kappa shape index (κ1) is 15.6. The summed E-state index contributed by atoms with van der Waals surface area (Å²) >= 11 is 1.40. The van der Waals surface area contributed by atoms with E-state index in [9.17, 15) is 4.79 Å². The smallest absolute Gasteiger partial charge is 0.263 e. The lowest BCUT2D eigenvalue weighted by molar-refractivity contribution is 0.0911. The Balaban J connectivity index is 2.09. The molecule has 2 heterocycles. The molecule has 0 aromatic carbocycles. The van der Waals surface area contributed by atoms with E-state index in [4.69, 9.17) is 4.52 Å². The Kier molecular flexibility index (Phi) is 4.72. The number of carbonyl (C=O) groups is 1. The normalized spacial score (nSPS) is 11.6. The fourth-order valence-corrected chi connectivity index (χ4v) is 2.56. The molecule has 0 radical (unpaired) electrons. The number of thiazole rings is 1. The van der Waals surface area contributed by atoms with Gasteiger partial charge in [-0.15, -0.1) is 11.3 Å². The number of nitrogens with one attached hydrogen (secondary N) is 1. The zero-order valence-corrected chi connectivity index (χ0v) is 13.6. The van der Waals surface area contributed by atoms with Gasteiger partial charge in [0, 0.05) is 6.42 Å². The summed E-state index contributed by atoms with van der Waals surface area (Å²) in [5.41, 5.74) is -0.692. The maximum absolute atomic E-state index is 12.3. The molecule has 0 atom stereocenters. The lowest BCUT2D eigenvalue weighted by Gasteiger charge is -2.21. The van der Waals surface area contributed by atoms with Crippen molar-refractivity contribution in [3.8, 4) is 0 Å². The van der Waals surface area contributed by atoms with E-state index >= 15 is 0 Å². The first-order valence-electron chi connectivity index (χ1n) is 7.06. The van der Waals surface area contributed by atoms with E-state index < -0.39 is 5.54 Å². The van der Waals surface area contributed by atoms with Crippen molar-refractivity contribution in [3.63, 3.8) is 0 Å². The van der Waals surface area contributed by atoms with Crippen LogP contribution < -0.4 is 5.32 Å². The zero-order valence-electron chi connectivity index (χ0n) is 12.8. The Bertz CT molecular complexity index is 618. The van der Waals surface area contributed by atoms with Crippen molar-refractivity contribution >= 4 is 17.2 Å². The first-order chi connectivity index (χ1) is 9.96. The average Bonchev–Trinajstić information content (AvgIpc) is 3.07. The molecule has 114 valence electrons. The second-order valence-corrected chi connectivity index (χ2v) is 6.43. The number of nitrogens with zero attached hydrogens (tertiary/aromatic N) is 3. The van der Waals surface area contributed by atoms with Crippen molar-refractivity contribution in [3.05, 3.63) is 27.8 Å². The number of rotatable bonds is 6. The van der Waals surface area contributed by atoms with E-state index in [0.717, 1.165) is 24.3 Å². The minimum absolute atomic E-state index is 0.168. The molecule has 0 spiro atoms. The summed E-state index contributed by atoms with van der Waals surface area (Å²) in [6.07, 6.45) is 4.11. The van der Waals surface area contributed by atoms with Crippen molar-refractivity contribution in [2.45, 2.75) is 52.5 Å². The highest BCUT2D eigenvalue weighted by Crippen LogP contribution is 2.20. The van der Waals surface area contributed by atoms with Crippen LogP contribution in [0, 0.1) is 0 Å². The summed E-state index contributed by atoms with van der Waals surface area (Å²) in [6.45, 7) is 7.77. The van der Waals surface area contributed by atoms with Crippen molar-refractivity contribution in [2.24, 2.45) is 0 Å². The fraction of sp³-hybridized carbons (Fsp3) is 0.571. The molecule has 2 rings (SSSR count). The van der Waals surface area contributed by atoms with Crippen LogP contribution in [0.2, 0.25) is 0 Å². The molecular weight excluding hydrogens is 288 g/mol. The fourth-order valence-electron chi connectivity index (χ4n) is 1.80. The largest absolute Gasteiger partial charge is 0.339 e. The van der Waals surface area contributed by atoms with E-state index in [0.29, 0.717) is 16.6 Å². The van der Waals surface area contributed by atoms with Gasteiger partial charge < -0.3 is 9.84 Å². The summed E-state index contributed by atoms with van der Waals surface area (Å²) in [4.78, 5) is 21.4. The van der Waals surface area contributed by atoms with Crippen LogP contribution in [-0.2, 0) is 18.4 Å². The van der Waals surface area contributed by atoms with E-state index in [-0.39, 0.29) is 5.91 Å². The molecule has 6 nitrogen and oxygen atoms in total. The first-order valence-corrected chi connectivity index (χ1v) is 7.88. The van der Waals surface area contributed by atoms with E-state index in [1.807, 2.05) is 27.7 Å². The van der Waals surface area contributed by atoms with Crippen LogP contribution in [0.25, 0.3) is 0 Å². The monoisotopic (exact) mass is 308 g/mol. The predicted octanol–water partition coefficient (Wildman–Crippen LogP) is 2.71. The van der Waals surface area contributed by atoms with E-state index in [1.165, 1.54) is 11.3 Å². The molecule has 1 amide bonds. The van der Waals surface area contributed by atoms with Gasteiger partial charge in [0.2, 0.25) is 5.89 Å². The highest BCUT2D eigenvalue weighted by Gasteiger charge is 2.29. The number of carbonyl (C=O) groups excluding carboxylic acids is 1. The van der Waals surface area contributed by atoms with Gasteiger partial charge >= 0.3 is 0 Å². The number of amides is 1. The number of hydrogen-bond acceptors (Lipinski definition) is 6. The second kappa shape index (κ2) is 6.34. The van der Waals surface area contributed by atoms with Gasteiger partial charge in [0.25, 0.3) is 5.91 Å². The van der Waals surface area contributed by atoms with Gasteiger partial charge in [0.05, 0.1) is 16.7 Å². The molecule has 0 aliphatic heterocycles. The van der Waals surface area contributed by atoms with E-state index in [2.05, 4.69) is 20.4 Å². The van der Waals surface area contributed by atoms with Gasteiger partial charge in [-0.25, -0.2) is 4.98 Å². The molecule has 0 aliphatic carbocycles. The van der Waals surface area contributed by atoms with Gasteiger partial charge in [0.1, 0.15) is 4.88 Å². The third kappa shape index (κ3) is 3.66. The summed E-state index contributed by atoms with van der Waals surface area (Å²) in [5, 5.41) is 7.84. The molecule has 0 fully saturated rings. The van der Waals surface area contributed by atoms with Crippen molar-refractivity contribution in [1.82, 2.24) is 20.4 Å². The molecule has 0 saturated carbocycles. The average molecular weight is 308 g/mol. The molecule has 2 aromatic heterocycles. The quantitative estimate of drug-likeness (QED) is 0.887. The summed E-state index contributed by atoms with van der Waals surface area (Å²) < 4.78 is 5.18. The van der Waals surface area contributed by atoms with Gasteiger partial charge in [-0.05, 0) is 26.7 Å². The second-order valence-electron chi connectivity index (χ2n) is 5.31. The third-order valence-electron chi connectivity index (χ3n) is 3.00. The lowest BCUT2D eigenvalue weighted by atomic mass is 10.0. The summed E-state index contributed by atoms with van der Waals surface area (Å²) in [7, 11) is 0. The predicted molar refractivity (Wildman–Crippen MR) is 80.3 cm³/mol. The molecule has 2 aromatic rings. The summed E-state index contributed by atoms with van der Waals surface area (Å²) in [5.74, 6) is 0.916. The zero-order chi connectivity index (χ0) is 15.5. The van der Waals surface area contributed by atoms with Crippen molar-refractivity contribution < 1.29 is 9.32 Å². The van der Waals surface area contributed by atoms with Gasteiger partial charge in [-0.1, -0.05) is 19.0 Å². The minimum atomic E-state index is -0.692.